The fourth-order valence-electron chi connectivity index (χ4n) is 3.56. The zero-order valence-corrected chi connectivity index (χ0v) is 14.2. The van der Waals surface area contributed by atoms with E-state index in [1.54, 1.807) is 17.5 Å². The number of pyridine rings is 1. The van der Waals surface area contributed by atoms with Gasteiger partial charge in [-0.05, 0) is 34.9 Å². The van der Waals surface area contributed by atoms with Gasteiger partial charge in [0.25, 0.3) is 0 Å². The van der Waals surface area contributed by atoms with Crippen LogP contribution in [0.4, 0.5) is 0 Å². The topological polar surface area (TPSA) is 51.7 Å². The van der Waals surface area contributed by atoms with Crippen LogP contribution < -0.4 is 4.74 Å². The zero-order chi connectivity index (χ0) is 16.4. The van der Waals surface area contributed by atoms with Crippen molar-refractivity contribution in [3.8, 4) is 5.88 Å². The number of nitrogens with zero attached hydrogens (tertiary/aromatic N) is 2. The van der Waals surface area contributed by atoms with Gasteiger partial charge < -0.3 is 14.4 Å². The summed E-state index contributed by atoms with van der Waals surface area (Å²) in [4.78, 5) is 18.9. The van der Waals surface area contributed by atoms with Gasteiger partial charge in [-0.2, -0.15) is 11.3 Å². The van der Waals surface area contributed by atoms with E-state index in [2.05, 4.69) is 4.98 Å². The summed E-state index contributed by atoms with van der Waals surface area (Å²) in [5, 5.41) is 4.05. The fraction of sp³-hybridized carbons (Fsp3) is 0.444. The molecule has 0 aromatic carbocycles. The van der Waals surface area contributed by atoms with Crippen molar-refractivity contribution in [3.63, 3.8) is 0 Å². The monoisotopic (exact) mass is 344 g/mol. The summed E-state index contributed by atoms with van der Waals surface area (Å²) in [7, 11) is 0. The number of thiophene rings is 1. The standard InChI is InChI=1S/C18H20N2O3S/c21-17(11-13-6-10-24-12-13)20-8-4-15(18-14(20)5-9-22-18)23-16-3-1-2-7-19-16/h1-3,6-7,10,12,14-15,18H,4-5,8-9,11H2/t14-,15+,18-/m0/s1. The molecule has 2 aromatic heterocycles. The highest BCUT2D eigenvalue weighted by Crippen LogP contribution is 2.31. The number of piperidine rings is 1. The molecular formula is C18H20N2O3S. The third-order valence-electron chi connectivity index (χ3n) is 4.69. The van der Waals surface area contributed by atoms with Crippen LogP contribution >= 0.6 is 11.3 Å². The maximum Gasteiger partial charge on any atom is 0.227 e. The van der Waals surface area contributed by atoms with E-state index in [1.807, 2.05) is 39.9 Å². The van der Waals surface area contributed by atoms with E-state index in [1.165, 1.54) is 0 Å². The van der Waals surface area contributed by atoms with E-state index >= 15 is 0 Å². The Kier molecular flexibility index (Phi) is 4.49. The summed E-state index contributed by atoms with van der Waals surface area (Å²) in [6.07, 6.45) is 3.74. The molecule has 2 aliphatic rings. The average molecular weight is 344 g/mol. The third-order valence-corrected chi connectivity index (χ3v) is 5.42. The highest BCUT2D eigenvalue weighted by Gasteiger charge is 2.45. The van der Waals surface area contributed by atoms with Crippen LogP contribution in [-0.2, 0) is 16.0 Å². The Morgan fingerprint density at radius 3 is 3.12 bits per heavy atom. The molecule has 0 bridgehead atoms. The minimum Gasteiger partial charge on any atom is -0.471 e. The zero-order valence-electron chi connectivity index (χ0n) is 13.3. The van der Waals surface area contributed by atoms with Crippen LogP contribution in [0, 0.1) is 0 Å². The molecule has 4 heterocycles. The van der Waals surface area contributed by atoms with Gasteiger partial charge in [0, 0.05) is 31.8 Å². The first-order valence-corrected chi connectivity index (χ1v) is 9.25. The Morgan fingerprint density at radius 2 is 2.33 bits per heavy atom. The normalized spacial score (nSPS) is 26.2. The summed E-state index contributed by atoms with van der Waals surface area (Å²) in [5.41, 5.74) is 1.09. The van der Waals surface area contributed by atoms with Crippen LogP contribution in [0.3, 0.4) is 0 Å². The van der Waals surface area contributed by atoms with E-state index < -0.39 is 0 Å². The van der Waals surface area contributed by atoms with Crippen molar-refractivity contribution in [2.75, 3.05) is 13.2 Å². The van der Waals surface area contributed by atoms with Gasteiger partial charge in [0.15, 0.2) is 0 Å². The molecule has 0 unspecified atom stereocenters. The number of hydrogen-bond acceptors (Lipinski definition) is 5. The Labute approximate surface area is 145 Å². The Hall–Kier alpha value is -1.92. The number of likely N-dealkylation sites (tertiary alicyclic amines) is 1. The van der Waals surface area contributed by atoms with Gasteiger partial charge in [0.2, 0.25) is 11.8 Å². The van der Waals surface area contributed by atoms with Crippen molar-refractivity contribution in [1.82, 2.24) is 9.88 Å². The molecule has 0 aliphatic carbocycles. The first kappa shape index (κ1) is 15.6. The second kappa shape index (κ2) is 6.91. The van der Waals surface area contributed by atoms with Crippen LogP contribution in [0.1, 0.15) is 18.4 Å². The van der Waals surface area contributed by atoms with Crippen molar-refractivity contribution >= 4 is 17.2 Å². The first-order chi connectivity index (χ1) is 11.8. The molecule has 2 saturated heterocycles. The minimum atomic E-state index is -0.0628. The maximum absolute atomic E-state index is 12.7. The number of carbonyl (C=O) groups is 1. The molecule has 0 spiro atoms. The second-order valence-corrected chi connectivity index (χ2v) is 6.98. The van der Waals surface area contributed by atoms with Crippen LogP contribution in [0.25, 0.3) is 0 Å². The smallest absolute Gasteiger partial charge is 0.227 e. The van der Waals surface area contributed by atoms with Gasteiger partial charge in [-0.15, -0.1) is 0 Å². The van der Waals surface area contributed by atoms with E-state index in [4.69, 9.17) is 9.47 Å². The molecule has 5 nitrogen and oxygen atoms in total. The van der Waals surface area contributed by atoms with Crippen LogP contribution in [0.2, 0.25) is 0 Å². The first-order valence-electron chi connectivity index (χ1n) is 8.31. The van der Waals surface area contributed by atoms with E-state index in [9.17, 15) is 4.79 Å². The fourth-order valence-corrected chi connectivity index (χ4v) is 4.23. The molecule has 126 valence electrons. The lowest BCUT2D eigenvalue weighted by Gasteiger charge is -2.41. The van der Waals surface area contributed by atoms with Crippen molar-refractivity contribution in [1.29, 1.82) is 0 Å². The SMILES string of the molecule is O=C(Cc1ccsc1)N1CC[C@@H](Oc2ccccn2)[C@H]2OCC[C@@H]21. The number of rotatable bonds is 4. The van der Waals surface area contributed by atoms with Crippen LogP contribution in [-0.4, -0.2) is 47.2 Å². The molecule has 0 N–H and O–H groups in total. The predicted octanol–water partition coefficient (Wildman–Crippen LogP) is 2.52. The molecule has 2 aromatic rings. The molecule has 2 aliphatic heterocycles. The molecule has 1 amide bonds. The summed E-state index contributed by atoms with van der Waals surface area (Å²) in [5.74, 6) is 0.806. The van der Waals surface area contributed by atoms with Crippen LogP contribution in [0.5, 0.6) is 5.88 Å². The van der Waals surface area contributed by atoms with Crippen molar-refractivity contribution in [3.05, 3.63) is 46.8 Å². The number of carbonyl (C=O) groups excluding carboxylic acids is 1. The largest absolute Gasteiger partial charge is 0.471 e. The maximum atomic E-state index is 12.7. The molecular weight excluding hydrogens is 324 g/mol. The van der Waals surface area contributed by atoms with Gasteiger partial charge in [-0.1, -0.05) is 6.07 Å². The van der Waals surface area contributed by atoms with E-state index in [0.717, 1.165) is 18.4 Å². The summed E-state index contributed by atoms with van der Waals surface area (Å²) >= 11 is 1.63. The summed E-state index contributed by atoms with van der Waals surface area (Å²) in [6.45, 7) is 1.39. The van der Waals surface area contributed by atoms with E-state index in [0.29, 0.717) is 25.5 Å². The van der Waals surface area contributed by atoms with Gasteiger partial charge in [0.1, 0.15) is 12.2 Å². The molecule has 2 fully saturated rings. The molecule has 4 rings (SSSR count). The number of amides is 1. The lowest BCUT2D eigenvalue weighted by molar-refractivity contribution is -0.140. The second-order valence-electron chi connectivity index (χ2n) is 6.20. The average Bonchev–Trinajstić information content (AvgIpc) is 3.27. The van der Waals surface area contributed by atoms with Gasteiger partial charge in [-0.25, -0.2) is 4.98 Å². The number of ether oxygens (including phenoxy) is 2. The highest BCUT2D eigenvalue weighted by atomic mass is 32.1. The quantitative estimate of drug-likeness (QED) is 0.855. The lowest BCUT2D eigenvalue weighted by atomic mass is 9.95. The molecule has 6 heteroatoms. The minimum absolute atomic E-state index is 0.0439. The van der Waals surface area contributed by atoms with Crippen molar-refractivity contribution in [2.45, 2.75) is 37.5 Å². The summed E-state index contributed by atoms with van der Waals surface area (Å²) in [6, 6.07) is 7.77. The molecule has 0 saturated carbocycles. The summed E-state index contributed by atoms with van der Waals surface area (Å²) < 4.78 is 11.9. The Morgan fingerprint density at radius 1 is 1.38 bits per heavy atom. The molecule has 24 heavy (non-hydrogen) atoms. The van der Waals surface area contributed by atoms with Gasteiger partial charge in [-0.3, -0.25) is 4.79 Å². The van der Waals surface area contributed by atoms with Gasteiger partial charge >= 0.3 is 0 Å². The number of hydrogen-bond donors (Lipinski definition) is 0. The Balaban J connectivity index is 1.44. The van der Waals surface area contributed by atoms with Crippen molar-refractivity contribution < 1.29 is 14.3 Å². The van der Waals surface area contributed by atoms with Crippen LogP contribution in [0.15, 0.2) is 41.2 Å². The van der Waals surface area contributed by atoms with Gasteiger partial charge in [0.05, 0.1) is 12.5 Å². The van der Waals surface area contributed by atoms with Crippen molar-refractivity contribution in [2.24, 2.45) is 0 Å². The number of aromatic nitrogens is 1. The third kappa shape index (κ3) is 3.16. The Bertz CT molecular complexity index is 677. The lowest BCUT2D eigenvalue weighted by Crippen LogP contribution is -2.56. The molecule has 0 radical (unpaired) electrons. The molecule has 3 atom stereocenters. The van der Waals surface area contributed by atoms with E-state index in [-0.39, 0.29) is 24.2 Å². The predicted molar refractivity (Wildman–Crippen MR) is 91.2 cm³/mol. The highest BCUT2D eigenvalue weighted by molar-refractivity contribution is 7.08. The number of fused-ring (bicyclic) bond motifs is 1.